The van der Waals surface area contributed by atoms with Crippen molar-refractivity contribution in [2.45, 2.75) is 84.5 Å². The molecule has 130 valence electrons. The Hall–Kier alpha value is -1.40. The van der Waals surface area contributed by atoms with Crippen molar-refractivity contribution in [1.82, 2.24) is 5.32 Å². The summed E-state index contributed by atoms with van der Waals surface area (Å²) in [6, 6.07) is -1.18. The minimum Gasteiger partial charge on any atom is -0.458 e. The van der Waals surface area contributed by atoms with E-state index in [9.17, 15) is 18.4 Å². The Morgan fingerprint density at radius 3 is 1.77 bits per heavy atom. The zero-order chi connectivity index (χ0) is 17.8. The zero-order valence-electron chi connectivity index (χ0n) is 14.4. The predicted molar refractivity (Wildman–Crippen MR) is 78.9 cm³/mol. The molecule has 0 heterocycles. The number of alkyl halides is 2. The van der Waals surface area contributed by atoms with Crippen LogP contribution in [0.2, 0.25) is 0 Å². The van der Waals surface area contributed by atoms with Crippen molar-refractivity contribution in [3.63, 3.8) is 0 Å². The molecule has 1 atom stereocenters. The number of esters is 1. The van der Waals surface area contributed by atoms with Crippen molar-refractivity contribution in [3.05, 3.63) is 0 Å². The molecule has 0 bridgehead atoms. The Kier molecular flexibility index (Phi) is 6.78. The van der Waals surface area contributed by atoms with Gasteiger partial charge < -0.3 is 14.8 Å². The molecule has 22 heavy (non-hydrogen) atoms. The Balaban J connectivity index is 4.86. The average molecular weight is 323 g/mol. The highest BCUT2D eigenvalue weighted by Crippen LogP contribution is 2.21. The second-order valence-corrected chi connectivity index (χ2v) is 7.34. The zero-order valence-corrected chi connectivity index (χ0v) is 14.4. The monoisotopic (exact) mass is 323 g/mol. The van der Waals surface area contributed by atoms with Gasteiger partial charge in [0, 0.05) is 6.42 Å². The van der Waals surface area contributed by atoms with Crippen LogP contribution in [0.5, 0.6) is 0 Å². The molecular weight excluding hydrogens is 296 g/mol. The van der Waals surface area contributed by atoms with Gasteiger partial charge in [-0.05, 0) is 54.9 Å². The lowest BCUT2D eigenvalue weighted by Crippen LogP contribution is -2.46. The van der Waals surface area contributed by atoms with Crippen LogP contribution in [-0.2, 0) is 14.3 Å². The Labute approximate surface area is 130 Å². The molecule has 0 saturated carbocycles. The smallest absolute Gasteiger partial charge is 0.408 e. The van der Waals surface area contributed by atoms with E-state index in [1.807, 2.05) is 0 Å². The number of rotatable bonds is 5. The topological polar surface area (TPSA) is 64.6 Å². The van der Waals surface area contributed by atoms with E-state index in [2.05, 4.69) is 5.32 Å². The summed E-state index contributed by atoms with van der Waals surface area (Å²) in [5.74, 6) is -3.70. The van der Waals surface area contributed by atoms with Crippen LogP contribution >= 0.6 is 0 Å². The van der Waals surface area contributed by atoms with Gasteiger partial charge >= 0.3 is 12.1 Å². The summed E-state index contributed by atoms with van der Waals surface area (Å²) >= 11 is 0. The predicted octanol–water partition coefficient (Wildman–Crippen LogP) is 3.66. The summed E-state index contributed by atoms with van der Waals surface area (Å²) in [6.45, 7) is 10.7. The molecule has 0 spiro atoms. The Morgan fingerprint density at radius 1 is 0.955 bits per heavy atom. The number of ether oxygens (including phenoxy) is 2. The van der Waals surface area contributed by atoms with E-state index in [0.29, 0.717) is 0 Å². The van der Waals surface area contributed by atoms with Crippen molar-refractivity contribution >= 4 is 12.1 Å². The lowest BCUT2D eigenvalue weighted by molar-refractivity contribution is -0.158. The van der Waals surface area contributed by atoms with Crippen LogP contribution in [0.3, 0.4) is 0 Å². The maximum atomic E-state index is 13.0. The van der Waals surface area contributed by atoms with E-state index >= 15 is 0 Å². The van der Waals surface area contributed by atoms with E-state index in [1.54, 1.807) is 41.5 Å². The second-order valence-electron chi connectivity index (χ2n) is 7.34. The average Bonchev–Trinajstić information content (AvgIpc) is 2.17. The van der Waals surface area contributed by atoms with Crippen molar-refractivity contribution in [2.24, 2.45) is 0 Å². The Bertz CT molecular complexity index is 392. The van der Waals surface area contributed by atoms with Crippen LogP contribution in [0.1, 0.15) is 61.3 Å². The lowest BCUT2D eigenvalue weighted by atomic mass is 10.1. The third kappa shape index (κ3) is 11.3. The van der Waals surface area contributed by atoms with Gasteiger partial charge in [-0.3, -0.25) is 0 Å². The number of hydrogen-bond donors (Lipinski definition) is 1. The summed E-state index contributed by atoms with van der Waals surface area (Å²) in [4.78, 5) is 23.8. The Morgan fingerprint density at radius 2 is 1.41 bits per heavy atom. The molecule has 0 aliphatic rings. The van der Waals surface area contributed by atoms with Gasteiger partial charge in [0.05, 0.1) is 0 Å². The molecule has 5 nitrogen and oxygen atoms in total. The molecule has 0 aromatic rings. The van der Waals surface area contributed by atoms with E-state index < -0.39 is 41.6 Å². The van der Waals surface area contributed by atoms with E-state index in [-0.39, 0.29) is 6.42 Å². The summed E-state index contributed by atoms with van der Waals surface area (Å²) in [7, 11) is 0. The maximum Gasteiger partial charge on any atom is 0.408 e. The summed E-state index contributed by atoms with van der Waals surface area (Å²) < 4.78 is 36.2. The third-order valence-corrected chi connectivity index (χ3v) is 2.25. The molecule has 0 aromatic carbocycles. The number of alkyl carbamates (subject to hydrolysis) is 1. The quantitative estimate of drug-likeness (QED) is 0.784. The molecule has 0 aromatic heterocycles. The second kappa shape index (κ2) is 7.24. The number of carbonyl (C=O) groups excluding carboxylic acids is 2. The fourth-order valence-electron chi connectivity index (χ4n) is 1.47. The minimum absolute atomic E-state index is 0.238. The molecule has 0 saturated heterocycles. The molecule has 0 aliphatic heterocycles. The highest BCUT2D eigenvalue weighted by Gasteiger charge is 2.31. The van der Waals surface area contributed by atoms with Gasteiger partial charge in [0.25, 0.3) is 0 Å². The first-order chi connectivity index (χ1) is 9.59. The van der Waals surface area contributed by atoms with Crippen molar-refractivity contribution in [3.8, 4) is 0 Å². The van der Waals surface area contributed by atoms with Gasteiger partial charge in [-0.1, -0.05) is 0 Å². The van der Waals surface area contributed by atoms with Crippen LogP contribution in [0, 0.1) is 0 Å². The van der Waals surface area contributed by atoms with Gasteiger partial charge in [-0.2, -0.15) is 0 Å². The van der Waals surface area contributed by atoms with E-state index in [4.69, 9.17) is 9.47 Å². The maximum absolute atomic E-state index is 13.0. The van der Waals surface area contributed by atoms with Crippen LogP contribution < -0.4 is 5.32 Å². The van der Waals surface area contributed by atoms with Crippen molar-refractivity contribution in [1.29, 1.82) is 0 Å². The number of nitrogens with one attached hydrogen (secondary N) is 1. The highest BCUT2D eigenvalue weighted by atomic mass is 19.3. The van der Waals surface area contributed by atoms with Crippen LogP contribution in [0.4, 0.5) is 13.6 Å². The summed E-state index contributed by atoms with van der Waals surface area (Å²) in [5.41, 5.74) is -1.53. The normalized spacial score (nSPS) is 14.2. The van der Waals surface area contributed by atoms with Gasteiger partial charge in [0.2, 0.25) is 5.92 Å². The molecule has 1 N–H and O–H groups in total. The number of carbonyl (C=O) groups is 2. The third-order valence-electron chi connectivity index (χ3n) is 2.25. The van der Waals surface area contributed by atoms with E-state index in [0.717, 1.165) is 6.92 Å². The first kappa shape index (κ1) is 20.6. The summed E-state index contributed by atoms with van der Waals surface area (Å²) in [6.07, 6.45) is -1.63. The van der Waals surface area contributed by atoms with Crippen molar-refractivity contribution in [2.75, 3.05) is 0 Å². The lowest BCUT2D eigenvalue weighted by Gasteiger charge is -2.26. The fourth-order valence-corrected chi connectivity index (χ4v) is 1.47. The SMILES string of the molecule is CC(F)(F)CC[C@H](NC(=O)OC(C)(C)C)C(=O)OC(C)(C)C. The van der Waals surface area contributed by atoms with Crippen molar-refractivity contribution < 1.29 is 27.8 Å². The number of halogens is 2. The first-order valence-electron chi connectivity index (χ1n) is 7.19. The fraction of sp³-hybridized carbons (Fsp3) is 0.867. The van der Waals surface area contributed by atoms with E-state index in [1.165, 1.54) is 0 Å². The van der Waals surface area contributed by atoms with Crippen LogP contribution in [0.15, 0.2) is 0 Å². The van der Waals surface area contributed by atoms with Gasteiger partial charge in [-0.15, -0.1) is 0 Å². The molecule has 0 rings (SSSR count). The molecule has 1 amide bonds. The summed E-state index contributed by atoms with van der Waals surface area (Å²) in [5, 5.41) is 2.30. The first-order valence-corrected chi connectivity index (χ1v) is 7.19. The van der Waals surface area contributed by atoms with Crippen LogP contribution in [-0.4, -0.2) is 35.2 Å². The van der Waals surface area contributed by atoms with Crippen LogP contribution in [0.25, 0.3) is 0 Å². The molecule has 7 heteroatoms. The van der Waals surface area contributed by atoms with Gasteiger partial charge in [0.15, 0.2) is 0 Å². The molecule has 0 unspecified atom stereocenters. The molecular formula is C15H27F2NO4. The highest BCUT2D eigenvalue weighted by molar-refractivity contribution is 5.81. The largest absolute Gasteiger partial charge is 0.458 e. The molecule has 0 fully saturated rings. The molecule has 0 radical (unpaired) electrons. The molecule has 0 aliphatic carbocycles. The number of amides is 1. The van der Waals surface area contributed by atoms with Gasteiger partial charge in [0.1, 0.15) is 17.2 Å². The minimum atomic E-state index is -2.93. The number of hydrogen-bond acceptors (Lipinski definition) is 4. The van der Waals surface area contributed by atoms with Gasteiger partial charge in [-0.25, -0.2) is 18.4 Å². The standard InChI is InChI=1S/C15H27F2NO4/c1-13(2,3)21-11(19)10(8-9-15(7,16)17)18-12(20)22-14(4,5)6/h10H,8-9H2,1-7H3,(H,18,20)/t10-/m0/s1.